The second kappa shape index (κ2) is 46.7. The van der Waals surface area contributed by atoms with E-state index in [0.717, 1.165) is 40.8 Å². The van der Waals surface area contributed by atoms with Gasteiger partial charge < -0.3 is 38.8 Å². The van der Waals surface area contributed by atoms with Crippen molar-refractivity contribution in [1.82, 2.24) is 83.4 Å². The van der Waals surface area contributed by atoms with Gasteiger partial charge in [-0.05, 0) is 68.0 Å². The van der Waals surface area contributed by atoms with Crippen LogP contribution in [-0.4, -0.2) is 190 Å². The third-order valence-corrected chi connectivity index (χ3v) is 17.4. The highest BCUT2D eigenvalue weighted by Gasteiger charge is 2.25. The maximum absolute atomic E-state index is 12.6. The zero-order chi connectivity index (χ0) is 88.2. The van der Waals surface area contributed by atoms with E-state index < -0.39 is 35.4 Å². The number of carboxylic acid groups (broad SMARTS) is 1. The Kier molecular flexibility index (Phi) is 35.3. The Morgan fingerprint density at radius 1 is 0.533 bits per heavy atom. The zero-order valence-corrected chi connectivity index (χ0v) is 69.3. The van der Waals surface area contributed by atoms with Gasteiger partial charge in [0.25, 0.3) is 22.5 Å². The summed E-state index contributed by atoms with van der Waals surface area (Å²) in [4.78, 5) is 169. The number of aromatic amines is 1. The molecule has 0 saturated carbocycles. The number of carbonyl (C=O) groups excluding carboxylic acids is 6. The lowest BCUT2D eigenvalue weighted by molar-refractivity contribution is -0.150. The molecule has 9 heterocycles. The molecule has 0 aliphatic carbocycles. The van der Waals surface area contributed by atoms with E-state index in [4.69, 9.17) is 43.4 Å². The van der Waals surface area contributed by atoms with E-state index >= 15 is 0 Å². The number of anilines is 1. The fourth-order valence-electron chi connectivity index (χ4n) is 10.4. The Bertz CT molecular complexity index is 6020. The van der Waals surface area contributed by atoms with Crippen LogP contribution in [0.1, 0.15) is 48.2 Å². The van der Waals surface area contributed by atoms with Gasteiger partial charge in [-0.15, -0.1) is 0 Å². The minimum atomic E-state index is -1.05. The summed E-state index contributed by atoms with van der Waals surface area (Å²) < 4.78 is 23.0. The van der Waals surface area contributed by atoms with Crippen molar-refractivity contribution in [2.45, 2.75) is 33.2 Å². The monoisotopic (exact) mass is 1690 g/mol. The number of H-pyrrole nitrogens is 1. The number of methoxy groups -OCH3 is 2. The lowest BCUT2D eigenvalue weighted by atomic mass is 10.2. The number of aromatic carboxylic acids is 1. The van der Waals surface area contributed by atoms with Crippen LogP contribution >= 0.6 is 23.8 Å². The van der Waals surface area contributed by atoms with Gasteiger partial charge in [0, 0.05) is 138 Å². The van der Waals surface area contributed by atoms with Gasteiger partial charge in [0.2, 0.25) is 17.0 Å². The number of carboxylic acids is 1. The van der Waals surface area contributed by atoms with Gasteiger partial charge in [-0.25, -0.2) is 74.2 Å². The SMILES string of the molecule is CCOC(=O)CC(=O)c1ccnc(-c2ccccc2)n1.COC(=O)C(=O)/C=C/N(C)C.COC(=O)C(C)=O.C[C@@H]1COCCN1c1nc(-c2ccnc(-c3ccccc3)n2)cc(=O)n1C.Cn1c(=O)cc(-c2ccnc(-c3ccccc3)n2)[nH]c1=S.Cn1c(Cl)nc(-c2ccnc(-c3ccccc3)n2)cc1=O.O=C(O)c1ccnc(-c2ccccc2)n1. The summed E-state index contributed by atoms with van der Waals surface area (Å²) >= 11 is 11.1. The van der Waals surface area contributed by atoms with Crippen LogP contribution in [0.25, 0.3) is 91.1 Å². The smallest absolute Gasteiger partial charge is 0.378 e. The first kappa shape index (κ1) is 92.4. The number of ketones is 3. The number of hydrogen-bond donors (Lipinski definition) is 2. The number of benzene rings is 5. The number of aromatic nitrogens is 16. The summed E-state index contributed by atoms with van der Waals surface area (Å²) in [5, 5.41) is 8.89. The number of halogens is 1. The summed E-state index contributed by atoms with van der Waals surface area (Å²) in [5.41, 5.74) is 7.44. The number of hydrogen-bond acceptors (Lipinski definition) is 29. The molecule has 1 aliphatic heterocycles. The number of morpholine rings is 1. The van der Waals surface area contributed by atoms with Gasteiger partial charge in [0.1, 0.15) is 12.1 Å². The van der Waals surface area contributed by atoms with E-state index in [2.05, 4.69) is 81.1 Å². The van der Waals surface area contributed by atoms with Gasteiger partial charge in [0.15, 0.2) is 45.4 Å². The first-order chi connectivity index (χ1) is 58.7. The number of esters is 3. The van der Waals surface area contributed by atoms with Crippen molar-refractivity contribution in [3.05, 3.63) is 296 Å². The number of Topliss-reactive ketones (excluding diaryl/α,β-unsaturated/α-hetero) is 2. The van der Waals surface area contributed by atoms with Crippen molar-refractivity contribution < 1.29 is 57.6 Å². The van der Waals surface area contributed by atoms with E-state index in [-0.39, 0.29) is 58.2 Å². The highest BCUT2D eigenvalue weighted by atomic mass is 35.5. The lowest BCUT2D eigenvalue weighted by Gasteiger charge is -2.34. The number of ether oxygens (including phenoxy) is 4. The Balaban J connectivity index is 0.000000182. The molecule has 1 fully saturated rings. The molecule has 122 heavy (non-hydrogen) atoms. The van der Waals surface area contributed by atoms with Crippen molar-refractivity contribution >= 4 is 71.0 Å². The molecule has 0 spiro atoms. The first-order valence-corrected chi connectivity index (χ1v) is 37.8. The molecule has 0 unspecified atom stereocenters. The number of carbonyl (C=O) groups is 7. The minimum absolute atomic E-state index is 0.00357. The van der Waals surface area contributed by atoms with Gasteiger partial charge >= 0.3 is 23.9 Å². The Morgan fingerprint density at radius 2 is 0.934 bits per heavy atom. The Hall–Kier alpha value is -15.2. The van der Waals surface area contributed by atoms with Crippen molar-refractivity contribution in [2.24, 2.45) is 21.1 Å². The summed E-state index contributed by atoms with van der Waals surface area (Å²) in [6.07, 6.45) is 10.3. The summed E-state index contributed by atoms with van der Waals surface area (Å²) in [7, 11) is 10.8. The second-order valence-corrected chi connectivity index (χ2v) is 26.4. The molecule has 1 saturated heterocycles. The number of nitrogens with one attached hydrogen (secondary N) is 1. The molecular formula is C87H83ClN18O15S. The van der Waals surface area contributed by atoms with E-state index in [9.17, 15) is 47.9 Å². The summed E-state index contributed by atoms with van der Waals surface area (Å²) in [6, 6.07) is 60.2. The highest BCUT2D eigenvalue weighted by molar-refractivity contribution is 7.71. The van der Waals surface area contributed by atoms with Crippen molar-refractivity contribution in [1.29, 1.82) is 0 Å². The number of nitrogens with zero attached hydrogens (tertiary/aromatic N) is 17. The molecular weight excluding hydrogens is 1600 g/mol. The molecule has 13 aromatic rings. The molecule has 0 bridgehead atoms. The van der Waals surface area contributed by atoms with Crippen LogP contribution in [-0.2, 0) is 64.1 Å². The van der Waals surface area contributed by atoms with Gasteiger partial charge in [0.05, 0.1) is 74.2 Å². The van der Waals surface area contributed by atoms with E-state index in [1.54, 1.807) is 88.4 Å². The molecule has 1 atom stereocenters. The third kappa shape index (κ3) is 27.7. The van der Waals surface area contributed by atoms with Gasteiger partial charge in [-0.3, -0.25) is 47.3 Å². The molecule has 5 aromatic carbocycles. The molecule has 14 rings (SSSR count). The standard InChI is InChI=1S/C20H21N5O2.C15H11ClN4O.C15H12N4OS.C15H14N2O3.C11H8N2O2.C7H11NO3.C4H6O3/c1-14-13-27-11-10-25(14)20-23-17(12-18(26)24(20)2)16-8-9-21-19(22-16)15-6-4-3-5-7-15;1-20-13(21)9-12(19-15(20)16)11-7-8-17-14(18-11)10-5-3-2-4-6-10;1-19-13(20)9-12(18-15(19)21)11-7-8-16-14(17-11)10-5-3-2-4-6-10;1-2-20-14(19)10-13(18)12-8-9-16-15(17-12)11-6-4-3-5-7-11;14-11(15)9-6-7-12-10(13-9)8-4-2-1-3-5-8;1-8(2)5-4-6(9)7(10)11-3;1-3(5)4(6)7-2/h3-9,12,14H,10-11,13H2,1-2H3;2-9H,1H3;2-9H,1H3,(H,18,21);3-9H,2,10H2,1H3;1-7H,(H,14,15);4-5H,1-3H3;1-2H3/b;;;;;5-4+;/t14-;;;;;;/m1....../s1. The van der Waals surface area contributed by atoms with Crippen LogP contribution in [0.4, 0.5) is 5.95 Å². The zero-order valence-electron chi connectivity index (χ0n) is 67.8. The highest BCUT2D eigenvalue weighted by Crippen LogP contribution is 2.25. The Morgan fingerprint density at radius 3 is 1.34 bits per heavy atom. The quantitative estimate of drug-likeness (QED) is 0.0118. The third-order valence-electron chi connectivity index (χ3n) is 16.7. The Labute approximate surface area is 709 Å². The van der Waals surface area contributed by atoms with Crippen molar-refractivity contribution in [2.75, 3.05) is 59.6 Å². The predicted octanol–water partition coefficient (Wildman–Crippen LogP) is 10.9. The summed E-state index contributed by atoms with van der Waals surface area (Å²) in [6.45, 7) is 7.11. The van der Waals surface area contributed by atoms with Gasteiger partial charge in [-0.1, -0.05) is 152 Å². The lowest BCUT2D eigenvalue weighted by Crippen LogP contribution is -2.46. The first-order valence-electron chi connectivity index (χ1n) is 37.0. The van der Waals surface area contributed by atoms with Gasteiger partial charge in [-0.2, -0.15) is 0 Å². The predicted molar refractivity (Wildman–Crippen MR) is 458 cm³/mol. The molecule has 8 aromatic heterocycles. The average molecular weight is 1690 g/mol. The van der Waals surface area contributed by atoms with Crippen LogP contribution in [0.15, 0.2) is 258 Å². The average Bonchev–Trinajstić information content (AvgIpc) is 0.805. The van der Waals surface area contributed by atoms with E-state index in [1.807, 2.05) is 152 Å². The molecule has 1 aliphatic rings. The largest absolute Gasteiger partial charge is 0.477 e. The summed E-state index contributed by atoms with van der Waals surface area (Å²) in [5.74, 6) is -1.51. The fourth-order valence-corrected chi connectivity index (χ4v) is 10.7. The minimum Gasteiger partial charge on any atom is -0.477 e. The molecule has 33 nitrogen and oxygen atoms in total. The molecule has 35 heteroatoms. The molecule has 0 amide bonds. The van der Waals surface area contributed by atoms with Crippen LogP contribution in [0.2, 0.25) is 5.28 Å². The van der Waals surface area contributed by atoms with E-state index in [1.165, 1.54) is 72.3 Å². The molecule has 624 valence electrons. The van der Waals surface area contributed by atoms with Crippen LogP contribution in [0, 0.1) is 4.77 Å². The molecule has 2 N–H and O–H groups in total. The second-order valence-electron chi connectivity index (χ2n) is 25.7. The maximum atomic E-state index is 12.6. The van der Waals surface area contributed by atoms with Crippen LogP contribution in [0.5, 0.6) is 0 Å². The number of rotatable bonds is 18. The van der Waals surface area contributed by atoms with Crippen molar-refractivity contribution in [3.8, 4) is 91.1 Å². The van der Waals surface area contributed by atoms with Crippen LogP contribution in [0.3, 0.4) is 0 Å². The van der Waals surface area contributed by atoms with E-state index in [0.29, 0.717) is 93.8 Å². The fraction of sp³-hybridized carbons (Fsp3) is 0.184. The van der Waals surface area contributed by atoms with Crippen molar-refractivity contribution in [3.63, 3.8) is 0 Å². The maximum Gasteiger partial charge on any atom is 0.378 e. The topological polar surface area (TPSA) is 420 Å². The normalized spacial score (nSPS) is 11.6. The van der Waals surface area contributed by atoms with Crippen LogP contribution < -0.4 is 21.6 Å². The molecule has 0 radical (unpaired) electrons.